The zero-order chi connectivity index (χ0) is 16.3. The first-order chi connectivity index (χ1) is 10.2. The first kappa shape index (κ1) is 16.0. The van der Waals surface area contributed by atoms with Crippen LogP contribution in [0.25, 0.3) is 0 Å². The van der Waals surface area contributed by atoms with E-state index < -0.39 is 11.7 Å². The quantitative estimate of drug-likeness (QED) is 0.881. The summed E-state index contributed by atoms with van der Waals surface area (Å²) in [4.78, 5) is 23.0. The summed E-state index contributed by atoms with van der Waals surface area (Å²) in [7, 11) is 0. The topological polar surface area (TPSA) is 79.8 Å². The van der Waals surface area contributed by atoms with Gasteiger partial charge in [-0.05, 0) is 38.5 Å². The maximum atomic E-state index is 11.7. The molecule has 1 aromatic rings. The Morgan fingerprint density at radius 3 is 2.50 bits per heavy atom. The fourth-order valence-electron chi connectivity index (χ4n) is 2.15. The van der Waals surface area contributed by atoms with Crippen molar-refractivity contribution in [3.63, 3.8) is 0 Å². The molecular formula is C16H21N3O3. The van der Waals surface area contributed by atoms with Gasteiger partial charge in [0.15, 0.2) is 0 Å². The van der Waals surface area contributed by atoms with Crippen molar-refractivity contribution < 1.29 is 14.3 Å². The molecule has 1 aliphatic heterocycles. The van der Waals surface area contributed by atoms with Crippen LogP contribution >= 0.6 is 0 Å². The Morgan fingerprint density at radius 1 is 1.32 bits per heavy atom. The molecule has 0 saturated heterocycles. The molecular weight excluding hydrogens is 282 g/mol. The van der Waals surface area contributed by atoms with E-state index in [0.717, 1.165) is 11.3 Å². The molecule has 0 aliphatic carbocycles. The molecule has 1 unspecified atom stereocenters. The van der Waals surface area contributed by atoms with Crippen molar-refractivity contribution in [3.8, 4) is 0 Å². The lowest BCUT2D eigenvalue weighted by Crippen LogP contribution is -2.32. The minimum Gasteiger partial charge on any atom is -0.444 e. The number of anilines is 1. The van der Waals surface area contributed by atoms with Gasteiger partial charge in [-0.1, -0.05) is 19.1 Å². The van der Waals surface area contributed by atoms with E-state index in [9.17, 15) is 9.59 Å². The van der Waals surface area contributed by atoms with Gasteiger partial charge in [0.05, 0.1) is 5.71 Å². The molecule has 1 aromatic carbocycles. The molecule has 0 saturated carbocycles. The van der Waals surface area contributed by atoms with Crippen LogP contribution in [0.4, 0.5) is 10.5 Å². The molecule has 1 aliphatic rings. The lowest BCUT2D eigenvalue weighted by atomic mass is 9.94. The summed E-state index contributed by atoms with van der Waals surface area (Å²) in [5.74, 6) is -0.00197. The molecule has 2 rings (SSSR count). The average Bonchev–Trinajstić information content (AvgIpc) is 2.38. The molecule has 0 fully saturated rings. The predicted molar refractivity (Wildman–Crippen MR) is 84.8 cm³/mol. The lowest BCUT2D eigenvalue weighted by molar-refractivity contribution is -0.121. The van der Waals surface area contributed by atoms with Crippen molar-refractivity contribution in [1.29, 1.82) is 0 Å². The van der Waals surface area contributed by atoms with Crippen LogP contribution in [0, 0.1) is 5.92 Å². The van der Waals surface area contributed by atoms with Crippen LogP contribution in [0.3, 0.4) is 0 Å². The Balaban J connectivity index is 2.05. The summed E-state index contributed by atoms with van der Waals surface area (Å²) < 4.78 is 5.20. The number of hydrogen-bond acceptors (Lipinski definition) is 4. The van der Waals surface area contributed by atoms with Crippen molar-refractivity contribution in [1.82, 2.24) is 5.43 Å². The fraction of sp³-hybridized carbons (Fsp3) is 0.438. The van der Waals surface area contributed by atoms with Gasteiger partial charge in [-0.25, -0.2) is 10.2 Å². The molecule has 0 bridgehead atoms. The maximum Gasteiger partial charge on any atom is 0.412 e. The van der Waals surface area contributed by atoms with Crippen LogP contribution in [0.5, 0.6) is 0 Å². The Kier molecular flexibility index (Phi) is 4.49. The second-order valence-electron chi connectivity index (χ2n) is 6.34. The summed E-state index contributed by atoms with van der Waals surface area (Å²) in [5.41, 5.74) is 4.36. The summed E-state index contributed by atoms with van der Waals surface area (Å²) in [5, 5.41) is 6.78. The second-order valence-corrected chi connectivity index (χ2v) is 6.34. The molecule has 2 N–H and O–H groups in total. The monoisotopic (exact) mass is 303 g/mol. The van der Waals surface area contributed by atoms with Gasteiger partial charge in [-0.15, -0.1) is 0 Å². The summed E-state index contributed by atoms with van der Waals surface area (Å²) in [6, 6.07) is 7.29. The lowest BCUT2D eigenvalue weighted by Gasteiger charge is -2.20. The maximum absolute atomic E-state index is 11.7. The highest BCUT2D eigenvalue weighted by molar-refractivity contribution is 6.06. The molecule has 1 atom stereocenters. The minimum absolute atomic E-state index is 0.0680. The highest BCUT2D eigenvalue weighted by Gasteiger charge is 2.21. The second kappa shape index (κ2) is 6.17. The summed E-state index contributed by atoms with van der Waals surface area (Å²) >= 11 is 0. The molecule has 0 radical (unpaired) electrons. The first-order valence-corrected chi connectivity index (χ1v) is 7.21. The van der Waals surface area contributed by atoms with Crippen molar-refractivity contribution in [2.75, 3.05) is 5.32 Å². The minimum atomic E-state index is -0.533. The normalized spacial score (nSPS) is 18.3. The van der Waals surface area contributed by atoms with Crippen molar-refractivity contribution in [3.05, 3.63) is 29.8 Å². The largest absolute Gasteiger partial charge is 0.444 e. The number of ether oxygens (including phenoxy) is 1. The zero-order valence-electron chi connectivity index (χ0n) is 13.3. The van der Waals surface area contributed by atoms with Gasteiger partial charge < -0.3 is 4.74 Å². The number of nitrogens with one attached hydrogen (secondary N) is 2. The van der Waals surface area contributed by atoms with Crippen LogP contribution in [0.15, 0.2) is 29.4 Å². The number of rotatable bonds is 2. The van der Waals surface area contributed by atoms with Gasteiger partial charge in [0.2, 0.25) is 5.91 Å². The van der Waals surface area contributed by atoms with Crippen LogP contribution < -0.4 is 10.7 Å². The summed E-state index contributed by atoms with van der Waals surface area (Å²) in [6.45, 7) is 7.40. The number of carbonyl (C=O) groups is 2. The molecule has 118 valence electrons. The van der Waals surface area contributed by atoms with Gasteiger partial charge in [0.1, 0.15) is 5.60 Å². The smallest absolute Gasteiger partial charge is 0.412 e. The molecule has 0 spiro atoms. The van der Waals surface area contributed by atoms with E-state index in [2.05, 4.69) is 15.8 Å². The first-order valence-electron chi connectivity index (χ1n) is 7.21. The van der Waals surface area contributed by atoms with E-state index in [1.165, 1.54) is 0 Å². The van der Waals surface area contributed by atoms with E-state index in [1.54, 1.807) is 12.1 Å². The van der Waals surface area contributed by atoms with Gasteiger partial charge >= 0.3 is 6.09 Å². The number of nitrogens with zero attached hydrogens (tertiary/aromatic N) is 1. The van der Waals surface area contributed by atoms with Crippen molar-refractivity contribution in [2.45, 2.75) is 39.7 Å². The highest BCUT2D eigenvalue weighted by Crippen LogP contribution is 2.19. The SMILES string of the molecule is CC1CC(=O)NN=C1c1ccc(NC(=O)OC(C)(C)C)cc1. The van der Waals surface area contributed by atoms with Gasteiger partial charge in [-0.2, -0.15) is 5.10 Å². The van der Waals surface area contributed by atoms with Crippen LogP contribution in [0.1, 0.15) is 39.7 Å². The third-order valence-corrected chi connectivity index (χ3v) is 3.09. The third-order valence-electron chi connectivity index (χ3n) is 3.09. The van der Waals surface area contributed by atoms with Crippen molar-refractivity contribution >= 4 is 23.4 Å². The molecule has 1 heterocycles. The van der Waals surface area contributed by atoms with E-state index in [-0.39, 0.29) is 11.8 Å². The van der Waals surface area contributed by atoms with Crippen LogP contribution in [-0.4, -0.2) is 23.3 Å². The molecule has 0 aromatic heterocycles. The highest BCUT2D eigenvalue weighted by atomic mass is 16.6. The van der Waals surface area contributed by atoms with Gasteiger partial charge in [-0.3, -0.25) is 10.1 Å². The molecule has 22 heavy (non-hydrogen) atoms. The zero-order valence-corrected chi connectivity index (χ0v) is 13.3. The van der Waals surface area contributed by atoms with E-state index >= 15 is 0 Å². The Labute approximate surface area is 129 Å². The van der Waals surface area contributed by atoms with E-state index in [0.29, 0.717) is 12.1 Å². The standard InChI is InChI=1S/C16H21N3O3/c1-10-9-13(20)18-19-14(10)11-5-7-12(8-6-11)17-15(21)22-16(2,3)4/h5-8,10H,9H2,1-4H3,(H,17,21)(H,18,20). The number of hydrogen-bond donors (Lipinski definition) is 2. The third kappa shape index (κ3) is 4.31. The van der Waals surface area contributed by atoms with Crippen molar-refractivity contribution in [2.24, 2.45) is 11.0 Å². The summed E-state index contributed by atoms with van der Waals surface area (Å²) in [6.07, 6.45) is -0.0626. The van der Waals surface area contributed by atoms with Gasteiger partial charge in [0, 0.05) is 18.0 Å². The number of carbonyl (C=O) groups excluding carboxylic acids is 2. The molecule has 6 nitrogen and oxygen atoms in total. The predicted octanol–water partition coefficient (Wildman–Crippen LogP) is 2.89. The number of amides is 2. The Hall–Kier alpha value is -2.37. The molecule has 2 amide bonds. The number of hydrazone groups is 1. The number of benzene rings is 1. The van der Waals surface area contributed by atoms with Crippen LogP contribution in [-0.2, 0) is 9.53 Å². The average molecular weight is 303 g/mol. The Morgan fingerprint density at radius 2 is 1.95 bits per heavy atom. The van der Waals surface area contributed by atoms with E-state index in [4.69, 9.17) is 4.74 Å². The van der Waals surface area contributed by atoms with Crippen LogP contribution in [0.2, 0.25) is 0 Å². The fourth-order valence-corrected chi connectivity index (χ4v) is 2.15. The van der Waals surface area contributed by atoms with E-state index in [1.807, 2.05) is 39.8 Å². The van der Waals surface area contributed by atoms with Gasteiger partial charge in [0.25, 0.3) is 0 Å². The molecule has 6 heteroatoms. The Bertz CT molecular complexity index is 600.